The van der Waals surface area contributed by atoms with E-state index in [9.17, 15) is 4.39 Å². The van der Waals surface area contributed by atoms with Gasteiger partial charge in [0.25, 0.3) is 0 Å². The summed E-state index contributed by atoms with van der Waals surface area (Å²) < 4.78 is 18.5. The fourth-order valence-corrected chi connectivity index (χ4v) is 2.71. The van der Waals surface area contributed by atoms with Crippen LogP contribution in [0.25, 0.3) is 0 Å². The zero-order valence-corrected chi connectivity index (χ0v) is 11.2. The topological polar surface area (TPSA) is 38.5 Å². The third kappa shape index (κ3) is 2.83. The van der Waals surface area contributed by atoms with Crippen LogP contribution in [0.1, 0.15) is 18.5 Å². The van der Waals surface area contributed by atoms with E-state index < -0.39 is 0 Å². The van der Waals surface area contributed by atoms with Gasteiger partial charge in [0, 0.05) is 30.2 Å². The van der Waals surface area contributed by atoms with Crippen LogP contribution in [0.4, 0.5) is 4.39 Å². The second-order valence-corrected chi connectivity index (χ2v) is 4.99. The molecule has 0 amide bonds. The minimum atomic E-state index is -0.324. The number of morpholine rings is 1. The average molecular weight is 273 g/mol. The Balaban J connectivity index is 2.26. The molecule has 1 aliphatic rings. The molecule has 1 fully saturated rings. The predicted molar refractivity (Wildman–Crippen MR) is 70.2 cm³/mol. The highest BCUT2D eigenvalue weighted by atomic mass is 35.5. The molecule has 18 heavy (non-hydrogen) atoms. The minimum absolute atomic E-state index is 0.0111. The van der Waals surface area contributed by atoms with E-state index in [0.717, 1.165) is 12.1 Å². The summed E-state index contributed by atoms with van der Waals surface area (Å²) in [6.45, 7) is 4.75. The molecule has 3 nitrogen and oxygen atoms in total. The van der Waals surface area contributed by atoms with Crippen LogP contribution in [0.15, 0.2) is 18.2 Å². The fraction of sp³-hybridized carbons (Fsp3) is 0.538. The summed E-state index contributed by atoms with van der Waals surface area (Å²) in [6.07, 6.45) is 0. The molecule has 2 unspecified atom stereocenters. The largest absolute Gasteiger partial charge is 0.379 e. The highest BCUT2D eigenvalue weighted by Crippen LogP contribution is 2.29. The van der Waals surface area contributed by atoms with Gasteiger partial charge in [-0.05, 0) is 24.6 Å². The van der Waals surface area contributed by atoms with E-state index in [0.29, 0.717) is 24.8 Å². The lowest BCUT2D eigenvalue weighted by Gasteiger charge is -2.39. The van der Waals surface area contributed by atoms with E-state index in [2.05, 4.69) is 11.8 Å². The molecule has 0 saturated carbocycles. The molecule has 1 aliphatic heterocycles. The summed E-state index contributed by atoms with van der Waals surface area (Å²) in [6, 6.07) is 4.78. The van der Waals surface area contributed by atoms with Crippen molar-refractivity contribution in [3.63, 3.8) is 0 Å². The molecule has 0 spiro atoms. The third-order valence-corrected chi connectivity index (χ3v) is 3.69. The quantitative estimate of drug-likeness (QED) is 0.917. The van der Waals surface area contributed by atoms with Crippen molar-refractivity contribution in [2.75, 3.05) is 26.3 Å². The highest BCUT2D eigenvalue weighted by Gasteiger charge is 2.28. The first-order valence-corrected chi connectivity index (χ1v) is 6.49. The lowest BCUT2D eigenvalue weighted by molar-refractivity contribution is -0.0209. The Morgan fingerprint density at radius 2 is 2.39 bits per heavy atom. The van der Waals surface area contributed by atoms with Gasteiger partial charge in [-0.25, -0.2) is 4.39 Å². The Kier molecular flexibility index (Phi) is 4.56. The van der Waals surface area contributed by atoms with Crippen molar-refractivity contribution in [3.05, 3.63) is 34.6 Å². The third-order valence-electron chi connectivity index (χ3n) is 3.36. The van der Waals surface area contributed by atoms with Gasteiger partial charge in [0.1, 0.15) is 5.82 Å². The second kappa shape index (κ2) is 5.97. The van der Waals surface area contributed by atoms with Gasteiger partial charge >= 0.3 is 0 Å². The monoisotopic (exact) mass is 272 g/mol. The number of hydrogen-bond acceptors (Lipinski definition) is 3. The number of ether oxygens (including phenoxy) is 1. The fourth-order valence-electron chi connectivity index (χ4n) is 2.42. The first-order chi connectivity index (χ1) is 8.63. The molecular formula is C13H18ClFN2O. The molecule has 2 rings (SSSR count). The van der Waals surface area contributed by atoms with Gasteiger partial charge in [-0.1, -0.05) is 17.7 Å². The van der Waals surface area contributed by atoms with Crippen molar-refractivity contribution in [3.8, 4) is 0 Å². The molecule has 0 radical (unpaired) electrons. The van der Waals surface area contributed by atoms with E-state index in [1.807, 2.05) is 0 Å². The van der Waals surface area contributed by atoms with E-state index in [1.165, 1.54) is 12.1 Å². The van der Waals surface area contributed by atoms with Crippen LogP contribution in [0.3, 0.4) is 0 Å². The number of nitrogens with two attached hydrogens (primary N) is 1. The van der Waals surface area contributed by atoms with Crippen molar-refractivity contribution >= 4 is 11.6 Å². The smallest absolute Gasteiger partial charge is 0.124 e. The average Bonchev–Trinajstić information content (AvgIpc) is 2.34. The van der Waals surface area contributed by atoms with Gasteiger partial charge in [-0.3, -0.25) is 4.90 Å². The summed E-state index contributed by atoms with van der Waals surface area (Å²) >= 11 is 6.12. The molecule has 1 aromatic carbocycles. The highest BCUT2D eigenvalue weighted by molar-refractivity contribution is 6.31. The van der Waals surface area contributed by atoms with Gasteiger partial charge < -0.3 is 10.5 Å². The standard InChI is InChI=1S/C13H18ClFN2O/c1-9-8-18-5-4-17(9)13(7-16)11-3-2-10(15)6-12(11)14/h2-3,6,9,13H,4-5,7-8,16H2,1H3. The van der Waals surface area contributed by atoms with Gasteiger partial charge in [0.05, 0.1) is 13.2 Å². The van der Waals surface area contributed by atoms with Crippen molar-refractivity contribution < 1.29 is 9.13 Å². The van der Waals surface area contributed by atoms with Gasteiger partial charge in [-0.15, -0.1) is 0 Å². The van der Waals surface area contributed by atoms with E-state index >= 15 is 0 Å². The number of halogens is 2. The number of benzene rings is 1. The first kappa shape index (κ1) is 13.7. The van der Waals surface area contributed by atoms with Crippen LogP contribution in [-0.4, -0.2) is 37.2 Å². The molecule has 2 atom stereocenters. The first-order valence-electron chi connectivity index (χ1n) is 6.12. The molecular weight excluding hydrogens is 255 g/mol. The van der Waals surface area contributed by atoms with Gasteiger partial charge in [0.15, 0.2) is 0 Å². The molecule has 100 valence electrons. The molecule has 1 heterocycles. The predicted octanol–water partition coefficient (Wildman–Crippen LogP) is 2.20. The lowest BCUT2D eigenvalue weighted by atomic mass is 10.0. The van der Waals surface area contributed by atoms with E-state index in [-0.39, 0.29) is 17.9 Å². The number of hydrogen-bond donors (Lipinski definition) is 1. The maximum atomic E-state index is 13.1. The second-order valence-electron chi connectivity index (χ2n) is 4.58. The van der Waals surface area contributed by atoms with Crippen LogP contribution in [0.2, 0.25) is 5.02 Å². The molecule has 0 bridgehead atoms. The number of nitrogens with zero attached hydrogens (tertiary/aromatic N) is 1. The number of rotatable bonds is 3. The van der Waals surface area contributed by atoms with Gasteiger partial charge in [0.2, 0.25) is 0 Å². The van der Waals surface area contributed by atoms with Gasteiger partial charge in [-0.2, -0.15) is 0 Å². The maximum Gasteiger partial charge on any atom is 0.124 e. The minimum Gasteiger partial charge on any atom is -0.379 e. The van der Waals surface area contributed by atoms with Crippen LogP contribution in [0, 0.1) is 5.82 Å². The Morgan fingerprint density at radius 3 is 3.00 bits per heavy atom. The molecule has 5 heteroatoms. The summed E-state index contributed by atoms with van der Waals surface area (Å²) in [7, 11) is 0. The Hall–Kier alpha value is -0.680. The SMILES string of the molecule is CC1COCCN1C(CN)c1ccc(F)cc1Cl. The molecule has 0 aromatic heterocycles. The van der Waals surface area contributed by atoms with Crippen LogP contribution in [-0.2, 0) is 4.74 Å². The molecule has 2 N–H and O–H groups in total. The Morgan fingerprint density at radius 1 is 1.61 bits per heavy atom. The van der Waals surface area contributed by atoms with Crippen molar-refractivity contribution in [2.24, 2.45) is 5.73 Å². The normalized spacial score (nSPS) is 23.0. The zero-order valence-electron chi connectivity index (χ0n) is 10.4. The summed E-state index contributed by atoms with van der Waals surface area (Å²) in [4.78, 5) is 2.27. The molecule has 1 saturated heterocycles. The van der Waals surface area contributed by atoms with Crippen molar-refractivity contribution in [1.82, 2.24) is 4.90 Å². The summed E-state index contributed by atoms with van der Waals surface area (Å²) in [5.41, 5.74) is 6.75. The van der Waals surface area contributed by atoms with E-state index in [4.69, 9.17) is 22.1 Å². The summed E-state index contributed by atoms with van der Waals surface area (Å²) in [5, 5.41) is 0.434. The Labute approximate surface area is 112 Å². The lowest BCUT2D eigenvalue weighted by Crippen LogP contribution is -2.47. The summed E-state index contributed by atoms with van der Waals surface area (Å²) in [5.74, 6) is -0.324. The van der Waals surface area contributed by atoms with Crippen LogP contribution in [0.5, 0.6) is 0 Å². The van der Waals surface area contributed by atoms with Crippen LogP contribution >= 0.6 is 11.6 Å². The molecule has 1 aromatic rings. The molecule has 0 aliphatic carbocycles. The van der Waals surface area contributed by atoms with Crippen molar-refractivity contribution in [1.29, 1.82) is 0 Å². The van der Waals surface area contributed by atoms with E-state index in [1.54, 1.807) is 6.07 Å². The zero-order chi connectivity index (χ0) is 13.1. The van der Waals surface area contributed by atoms with Crippen molar-refractivity contribution in [2.45, 2.75) is 19.0 Å². The Bertz CT molecular complexity index is 416. The maximum absolute atomic E-state index is 13.1. The van der Waals surface area contributed by atoms with Crippen LogP contribution < -0.4 is 5.73 Å².